The van der Waals surface area contributed by atoms with Crippen LogP contribution in [-0.4, -0.2) is 21.4 Å². The molecule has 98 valence electrons. The fourth-order valence-corrected chi connectivity index (χ4v) is 3.69. The number of hydrogen-bond acceptors (Lipinski definition) is 3. The Morgan fingerprint density at radius 3 is 2.89 bits per heavy atom. The van der Waals surface area contributed by atoms with Gasteiger partial charge in [0.25, 0.3) is 0 Å². The van der Waals surface area contributed by atoms with Gasteiger partial charge in [0.05, 0.1) is 9.90 Å². The zero-order valence-electron chi connectivity index (χ0n) is 9.80. The summed E-state index contributed by atoms with van der Waals surface area (Å²) < 4.78 is 1.82. The average Bonchev–Trinajstić information content (AvgIpc) is 3.02. The number of Topliss-reactive ketones (excluding diaryl/α,β-unsaturated/α-hetero) is 1. The number of aromatic nitrogens is 1. The summed E-state index contributed by atoms with van der Waals surface area (Å²) in [6, 6.07) is 5.00. The summed E-state index contributed by atoms with van der Waals surface area (Å²) in [6.07, 6.45) is 2.08. The zero-order valence-corrected chi connectivity index (χ0v) is 11.4. The summed E-state index contributed by atoms with van der Waals surface area (Å²) in [4.78, 5) is 24.8. The maximum Gasteiger partial charge on any atom is 0.323 e. The van der Waals surface area contributed by atoms with E-state index in [1.54, 1.807) is 23.7 Å². The lowest BCUT2D eigenvalue weighted by Gasteiger charge is -2.21. The smallest absolute Gasteiger partial charge is 0.323 e. The Morgan fingerprint density at radius 1 is 1.47 bits per heavy atom. The molecule has 0 radical (unpaired) electrons. The molecule has 3 heterocycles. The highest BCUT2D eigenvalue weighted by atomic mass is 35.5. The Kier molecular flexibility index (Phi) is 2.76. The van der Waals surface area contributed by atoms with E-state index < -0.39 is 11.4 Å². The van der Waals surface area contributed by atoms with Gasteiger partial charge >= 0.3 is 5.97 Å². The van der Waals surface area contributed by atoms with E-state index >= 15 is 0 Å². The molecule has 0 spiro atoms. The average molecular weight is 296 g/mol. The van der Waals surface area contributed by atoms with Crippen molar-refractivity contribution in [1.82, 2.24) is 4.57 Å². The van der Waals surface area contributed by atoms with Gasteiger partial charge in [0.2, 0.25) is 0 Å². The number of carboxylic acids is 1. The topological polar surface area (TPSA) is 59.3 Å². The molecule has 4 nitrogen and oxygen atoms in total. The van der Waals surface area contributed by atoms with Crippen molar-refractivity contribution in [3.05, 3.63) is 45.4 Å². The number of nitrogens with zero attached hydrogens (tertiary/aromatic N) is 1. The predicted octanol–water partition coefficient (Wildman–Crippen LogP) is 2.81. The van der Waals surface area contributed by atoms with E-state index in [0.29, 0.717) is 22.1 Å². The van der Waals surface area contributed by atoms with E-state index in [9.17, 15) is 14.7 Å². The first kappa shape index (κ1) is 12.4. The lowest BCUT2D eigenvalue weighted by atomic mass is 9.78. The Hall–Kier alpha value is -1.59. The summed E-state index contributed by atoms with van der Waals surface area (Å²) in [5.41, 5.74) is -0.924. The minimum Gasteiger partial charge on any atom is -0.480 e. The number of carbonyl (C=O) groups excluding carboxylic acids is 1. The summed E-state index contributed by atoms with van der Waals surface area (Å²) in [5.74, 6) is -1.48. The van der Waals surface area contributed by atoms with Crippen molar-refractivity contribution in [2.75, 3.05) is 0 Å². The molecule has 0 fully saturated rings. The first-order valence-corrected chi connectivity index (χ1v) is 6.99. The second-order valence-electron chi connectivity index (χ2n) is 4.51. The number of hydrogen-bond donors (Lipinski definition) is 1. The van der Waals surface area contributed by atoms with Crippen LogP contribution < -0.4 is 0 Å². The molecule has 0 aliphatic carbocycles. The van der Waals surface area contributed by atoms with Gasteiger partial charge in [-0.25, -0.2) is 0 Å². The number of halogens is 1. The van der Waals surface area contributed by atoms with Crippen molar-refractivity contribution < 1.29 is 14.7 Å². The quantitative estimate of drug-likeness (QED) is 0.700. The second-order valence-corrected chi connectivity index (χ2v) is 5.85. The molecular weight excluding hydrogens is 286 g/mol. The Bertz CT molecular complexity index is 675. The van der Waals surface area contributed by atoms with E-state index in [4.69, 9.17) is 11.6 Å². The molecule has 1 N–H and O–H groups in total. The summed E-state index contributed by atoms with van der Waals surface area (Å²) in [7, 11) is 0. The van der Waals surface area contributed by atoms with Gasteiger partial charge in [-0.1, -0.05) is 11.6 Å². The van der Waals surface area contributed by atoms with Crippen LogP contribution in [0, 0.1) is 0 Å². The number of aryl methyl sites for hydroxylation is 1. The molecule has 1 unspecified atom stereocenters. The van der Waals surface area contributed by atoms with Crippen LogP contribution in [0.5, 0.6) is 0 Å². The van der Waals surface area contributed by atoms with Crippen molar-refractivity contribution >= 4 is 34.7 Å². The van der Waals surface area contributed by atoms with Crippen molar-refractivity contribution in [3.63, 3.8) is 0 Å². The van der Waals surface area contributed by atoms with Crippen molar-refractivity contribution in [2.24, 2.45) is 0 Å². The first-order chi connectivity index (χ1) is 9.05. The van der Waals surface area contributed by atoms with Crippen LogP contribution in [0.4, 0.5) is 0 Å². The molecule has 0 saturated carbocycles. The number of thiophene rings is 1. The predicted molar refractivity (Wildman–Crippen MR) is 72.0 cm³/mol. The number of aliphatic carboxylic acids is 1. The van der Waals surface area contributed by atoms with Crippen LogP contribution in [0.3, 0.4) is 0 Å². The minimum atomic E-state index is -1.47. The monoisotopic (exact) mass is 295 g/mol. The highest BCUT2D eigenvalue weighted by Gasteiger charge is 2.52. The van der Waals surface area contributed by atoms with Gasteiger partial charge in [0, 0.05) is 23.8 Å². The SMILES string of the molecule is O=C(O)C1(C(=O)c2cc(Cl)cs2)CCn2cccc21. The van der Waals surface area contributed by atoms with Crippen LogP contribution >= 0.6 is 22.9 Å². The lowest BCUT2D eigenvalue weighted by molar-refractivity contribution is -0.141. The molecule has 0 saturated heterocycles. The number of rotatable bonds is 3. The van der Waals surface area contributed by atoms with Crippen LogP contribution in [0.1, 0.15) is 21.8 Å². The highest BCUT2D eigenvalue weighted by molar-refractivity contribution is 7.12. The number of fused-ring (bicyclic) bond motifs is 1. The van der Waals surface area contributed by atoms with Gasteiger partial charge in [-0.2, -0.15) is 0 Å². The molecule has 0 bridgehead atoms. The van der Waals surface area contributed by atoms with Crippen LogP contribution in [0.25, 0.3) is 0 Å². The summed E-state index contributed by atoms with van der Waals surface area (Å²) in [6.45, 7) is 0.541. The highest BCUT2D eigenvalue weighted by Crippen LogP contribution is 2.40. The number of ketones is 1. The number of carboxylic acid groups (broad SMARTS) is 1. The van der Waals surface area contributed by atoms with Gasteiger partial charge in [-0.3, -0.25) is 9.59 Å². The third-order valence-corrected chi connectivity index (χ3v) is 4.82. The van der Waals surface area contributed by atoms with E-state index in [-0.39, 0.29) is 12.2 Å². The van der Waals surface area contributed by atoms with Crippen LogP contribution in [0.2, 0.25) is 5.02 Å². The lowest BCUT2D eigenvalue weighted by Crippen LogP contribution is -2.41. The minimum absolute atomic E-state index is 0.285. The Morgan fingerprint density at radius 2 is 2.26 bits per heavy atom. The van der Waals surface area contributed by atoms with E-state index in [2.05, 4.69) is 0 Å². The molecule has 6 heteroatoms. The molecule has 2 aromatic rings. The largest absolute Gasteiger partial charge is 0.480 e. The fourth-order valence-electron chi connectivity index (χ4n) is 2.60. The fraction of sp³-hybridized carbons (Fsp3) is 0.231. The molecular formula is C13H10ClNO3S. The second kappa shape index (κ2) is 4.21. The van der Waals surface area contributed by atoms with Gasteiger partial charge in [-0.15, -0.1) is 11.3 Å². The summed E-state index contributed by atoms with van der Waals surface area (Å²) in [5, 5.41) is 11.7. The molecule has 19 heavy (non-hydrogen) atoms. The third kappa shape index (κ3) is 1.65. The van der Waals surface area contributed by atoms with Gasteiger partial charge in [0.15, 0.2) is 11.2 Å². The maximum atomic E-state index is 12.6. The third-order valence-electron chi connectivity index (χ3n) is 3.54. The van der Waals surface area contributed by atoms with E-state index in [1.165, 1.54) is 17.4 Å². The van der Waals surface area contributed by atoms with Crippen molar-refractivity contribution in [3.8, 4) is 0 Å². The molecule has 1 aliphatic heterocycles. The molecule has 3 rings (SSSR count). The van der Waals surface area contributed by atoms with Crippen LogP contribution in [-0.2, 0) is 16.8 Å². The van der Waals surface area contributed by atoms with Gasteiger partial charge in [0.1, 0.15) is 0 Å². The van der Waals surface area contributed by atoms with Gasteiger partial charge in [-0.05, 0) is 24.6 Å². The normalized spacial score (nSPS) is 21.3. The standard InChI is InChI=1S/C13H10ClNO3S/c14-8-6-9(19-7-8)11(16)13(12(17)18)3-5-15-4-1-2-10(13)15/h1-2,4,6-7H,3,5H2,(H,17,18). The molecule has 0 amide bonds. The molecule has 2 aromatic heterocycles. The summed E-state index contributed by atoms with van der Waals surface area (Å²) >= 11 is 7.00. The van der Waals surface area contributed by atoms with Crippen molar-refractivity contribution in [1.29, 1.82) is 0 Å². The van der Waals surface area contributed by atoms with Gasteiger partial charge < -0.3 is 9.67 Å². The first-order valence-electron chi connectivity index (χ1n) is 5.73. The maximum absolute atomic E-state index is 12.6. The molecule has 1 atom stereocenters. The Balaban J connectivity index is 2.14. The van der Waals surface area contributed by atoms with Crippen LogP contribution in [0.15, 0.2) is 29.8 Å². The molecule has 1 aliphatic rings. The van der Waals surface area contributed by atoms with E-state index in [1.807, 2.05) is 4.57 Å². The number of carbonyl (C=O) groups is 2. The Labute approximate surface area is 118 Å². The van der Waals surface area contributed by atoms with E-state index in [0.717, 1.165) is 0 Å². The molecule has 0 aromatic carbocycles. The van der Waals surface area contributed by atoms with Crippen molar-refractivity contribution in [2.45, 2.75) is 18.4 Å². The zero-order chi connectivity index (χ0) is 13.6.